The van der Waals surface area contributed by atoms with Gasteiger partial charge in [-0.25, -0.2) is 4.79 Å². The van der Waals surface area contributed by atoms with Gasteiger partial charge in [0, 0.05) is 11.3 Å². The summed E-state index contributed by atoms with van der Waals surface area (Å²) >= 11 is 0. The summed E-state index contributed by atoms with van der Waals surface area (Å²) in [5.74, 6) is -0.827. The number of benzene rings is 1. The van der Waals surface area contributed by atoms with E-state index in [1.165, 1.54) is 7.11 Å². The molecule has 5 nitrogen and oxygen atoms in total. The minimum absolute atomic E-state index is 0.348. The van der Waals surface area contributed by atoms with Gasteiger partial charge in [0.15, 0.2) is 0 Å². The monoisotopic (exact) mass is 222 g/mol. The average molecular weight is 222 g/mol. The maximum Gasteiger partial charge on any atom is 0.327 e. The Labute approximate surface area is 93.6 Å². The standard InChI is InChI=1S/C11H14N2O3/c1-7(11(15)16-2)13-9-5-3-8(4-6-9)10(12)14/h3-7,13H,1-2H3,(H2,12,14)/t7-/m0/s1. The highest BCUT2D eigenvalue weighted by Gasteiger charge is 2.12. The number of amides is 1. The van der Waals surface area contributed by atoms with E-state index in [-0.39, 0.29) is 5.97 Å². The maximum atomic E-state index is 11.1. The van der Waals surface area contributed by atoms with E-state index in [1.807, 2.05) is 0 Å². The number of rotatable bonds is 4. The van der Waals surface area contributed by atoms with Gasteiger partial charge in [-0.3, -0.25) is 4.79 Å². The van der Waals surface area contributed by atoms with Gasteiger partial charge in [-0.1, -0.05) is 0 Å². The van der Waals surface area contributed by atoms with Gasteiger partial charge in [0.1, 0.15) is 6.04 Å². The van der Waals surface area contributed by atoms with Gasteiger partial charge >= 0.3 is 5.97 Å². The Morgan fingerprint density at radius 1 is 1.31 bits per heavy atom. The van der Waals surface area contributed by atoms with Crippen LogP contribution in [-0.2, 0) is 9.53 Å². The lowest BCUT2D eigenvalue weighted by Crippen LogP contribution is -2.27. The molecule has 0 bridgehead atoms. The Morgan fingerprint density at radius 3 is 2.31 bits per heavy atom. The molecule has 0 saturated carbocycles. The maximum absolute atomic E-state index is 11.1. The smallest absolute Gasteiger partial charge is 0.327 e. The van der Waals surface area contributed by atoms with E-state index in [0.717, 1.165) is 5.69 Å². The highest BCUT2D eigenvalue weighted by Crippen LogP contribution is 2.10. The number of carbonyl (C=O) groups is 2. The zero-order valence-electron chi connectivity index (χ0n) is 9.19. The van der Waals surface area contributed by atoms with Crippen LogP contribution in [0.15, 0.2) is 24.3 Å². The summed E-state index contributed by atoms with van der Waals surface area (Å²) in [4.78, 5) is 21.9. The molecule has 1 rings (SSSR count). The summed E-state index contributed by atoms with van der Waals surface area (Å²) in [5.41, 5.74) is 6.25. The van der Waals surface area contributed by atoms with Crippen LogP contribution in [0.2, 0.25) is 0 Å². The fraction of sp³-hybridized carbons (Fsp3) is 0.273. The summed E-state index contributed by atoms with van der Waals surface area (Å²) in [6, 6.07) is 6.10. The molecule has 0 aromatic heterocycles. The van der Waals surface area contributed by atoms with Crippen LogP contribution in [-0.4, -0.2) is 25.0 Å². The summed E-state index contributed by atoms with van der Waals surface area (Å²) in [7, 11) is 1.33. The molecule has 1 aromatic carbocycles. The first-order chi connectivity index (χ1) is 7.54. The van der Waals surface area contributed by atoms with Crippen molar-refractivity contribution < 1.29 is 14.3 Å². The number of esters is 1. The van der Waals surface area contributed by atoms with Crippen molar-refractivity contribution in [2.24, 2.45) is 5.73 Å². The summed E-state index contributed by atoms with van der Waals surface area (Å²) in [6.07, 6.45) is 0. The Morgan fingerprint density at radius 2 is 1.88 bits per heavy atom. The first-order valence-corrected chi connectivity index (χ1v) is 4.79. The van der Waals surface area contributed by atoms with E-state index >= 15 is 0 Å². The van der Waals surface area contributed by atoms with E-state index < -0.39 is 11.9 Å². The lowest BCUT2D eigenvalue weighted by molar-refractivity contribution is -0.141. The SMILES string of the molecule is COC(=O)[C@H](C)Nc1ccc(C(N)=O)cc1. The third-order valence-electron chi connectivity index (χ3n) is 2.11. The van der Waals surface area contributed by atoms with Gasteiger partial charge in [0.25, 0.3) is 0 Å². The fourth-order valence-electron chi connectivity index (χ4n) is 1.22. The van der Waals surface area contributed by atoms with Crippen molar-refractivity contribution in [1.29, 1.82) is 0 Å². The summed E-state index contributed by atoms with van der Waals surface area (Å²) in [6.45, 7) is 1.69. The number of hydrogen-bond donors (Lipinski definition) is 2. The van der Waals surface area contributed by atoms with Crippen LogP contribution < -0.4 is 11.1 Å². The molecule has 0 aliphatic rings. The molecule has 0 heterocycles. The molecule has 1 aromatic rings. The molecule has 0 aliphatic carbocycles. The normalized spacial score (nSPS) is 11.6. The number of nitrogens with one attached hydrogen (secondary N) is 1. The second kappa shape index (κ2) is 5.16. The number of hydrogen-bond acceptors (Lipinski definition) is 4. The first kappa shape index (κ1) is 12.0. The van der Waals surface area contributed by atoms with Crippen molar-refractivity contribution in [3.8, 4) is 0 Å². The van der Waals surface area contributed by atoms with Crippen LogP contribution in [0.5, 0.6) is 0 Å². The van der Waals surface area contributed by atoms with Crippen LogP contribution in [0, 0.1) is 0 Å². The predicted octanol–water partition coefficient (Wildman–Crippen LogP) is 0.759. The van der Waals surface area contributed by atoms with Crippen molar-refractivity contribution in [2.75, 3.05) is 12.4 Å². The highest BCUT2D eigenvalue weighted by atomic mass is 16.5. The molecular weight excluding hydrogens is 208 g/mol. The molecule has 16 heavy (non-hydrogen) atoms. The second-order valence-corrected chi connectivity index (χ2v) is 3.33. The molecule has 3 N–H and O–H groups in total. The Hall–Kier alpha value is -2.04. The molecule has 5 heteroatoms. The van der Waals surface area contributed by atoms with Gasteiger partial charge in [0.05, 0.1) is 7.11 Å². The second-order valence-electron chi connectivity index (χ2n) is 3.33. The van der Waals surface area contributed by atoms with Gasteiger partial charge in [-0.05, 0) is 31.2 Å². The van der Waals surface area contributed by atoms with Crippen LogP contribution in [0.1, 0.15) is 17.3 Å². The zero-order chi connectivity index (χ0) is 12.1. The first-order valence-electron chi connectivity index (χ1n) is 4.79. The van der Waals surface area contributed by atoms with E-state index in [2.05, 4.69) is 10.1 Å². The summed E-state index contributed by atoms with van der Waals surface area (Å²) in [5, 5.41) is 2.93. The summed E-state index contributed by atoms with van der Waals surface area (Å²) < 4.78 is 4.57. The number of carbonyl (C=O) groups excluding carboxylic acids is 2. The van der Waals surface area contributed by atoms with Crippen molar-refractivity contribution >= 4 is 17.6 Å². The molecule has 86 valence electrons. The molecule has 0 radical (unpaired) electrons. The van der Waals surface area contributed by atoms with E-state index in [9.17, 15) is 9.59 Å². The topological polar surface area (TPSA) is 81.4 Å². The lowest BCUT2D eigenvalue weighted by Gasteiger charge is -2.12. The van der Waals surface area contributed by atoms with Crippen LogP contribution in [0.4, 0.5) is 5.69 Å². The van der Waals surface area contributed by atoms with Crippen molar-refractivity contribution in [3.63, 3.8) is 0 Å². The average Bonchev–Trinajstić information content (AvgIpc) is 2.28. The quantitative estimate of drug-likeness (QED) is 0.737. The number of nitrogens with two attached hydrogens (primary N) is 1. The molecular formula is C11H14N2O3. The van der Waals surface area contributed by atoms with Crippen LogP contribution in [0.25, 0.3) is 0 Å². The number of primary amides is 1. The number of methoxy groups -OCH3 is 1. The highest BCUT2D eigenvalue weighted by molar-refractivity contribution is 5.93. The third kappa shape index (κ3) is 2.98. The Bertz CT molecular complexity index is 387. The molecule has 0 saturated heterocycles. The minimum Gasteiger partial charge on any atom is -0.467 e. The Kier molecular flexibility index (Phi) is 3.88. The van der Waals surface area contributed by atoms with Crippen molar-refractivity contribution in [2.45, 2.75) is 13.0 Å². The molecule has 0 fully saturated rings. The lowest BCUT2D eigenvalue weighted by atomic mass is 10.2. The van der Waals surface area contributed by atoms with Gasteiger partial charge < -0.3 is 15.8 Å². The molecule has 1 amide bonds. The number of anilines is 1. The fourth-order valence-corrected chi connectivity index (χ4v) is 1.22. The van der Waals surface area contributed by atoms with E-state index in [0.29, 0.717) is 5.56 Å². The van der Waals surface area contributed by atoms with E-state index in [1.54, 1.807) is 31.2 Å². The third-order valence-corrected chi connectivity index (χ3v) is 2.11. The van der Waals surface area contributed by atoms with Gasteiger partial charge in [-0.15, -0.1) is 0 Å². The van der Waals surface area contributed by atoms with Crippen LogP contribution >= 0.6 is 0 Å². The Balaban J connectivity index is 2.68. The van der Waals surface area contributed by atoms with E-state index in [4.69, 9.17) is 5.73 Å². The van der Waals surface area contributed by atoms with Crippen molar-refractivity contribution in [3.05, 3.63) is 29.8 Å². The minimum atomic E-state index is -0.479. The predicted molar refractivity (Wildman–Crippen MR) is 60.1 cm³/mol. The largest absolute Gasteiger partial charge is 0.467 e. The molecule has 0 aliphatic heterocycles. The molecule has 0 unspecified atom stereocenters. The number of ether oxygens (including phenoxy) is 1. The van der Waals surface area contributed by atoms with Crippen LogP contribution in [0.3, 0.4) is 0 Å². The molecule has 1 atom stereocenters. The van der Waals surface area contributed by atoms with Gasteiger partial charge in [-0.2, -0.15) is 0 Å². The van der Waals surface area contributed by atoms with Gasteiger partial charge in [0.2, 0.25) is 5.91 Å². The zero-order valence-corrected chi connectivity index (χ0v) is 9.19. The van der Waals surface area contributed by atoms with Crippen molar-refractivity contribution in [1.82, 2.24) is 0 Å². The molecule has 0 spiro atoms.